The maximum Gasteiger partial charge on any atom is 0.251 e. The first-order valence-electron chi connectivity index (χ1n) is 12.4. The predicted molar refractivity (Wildman–Crippen MR) is 153 cm³/mol. The van der Waals surface area contributed by atoms with Gasteiger partial charge in [-0.15, -0.1) is 0 Å². The van der Waals surface area contributed by atoms with Crippen molar-refractivity contribution in [1.29, 1.82) is 5.26 Å². The van der Waals surface area contributed by atoms with Gasteiger partial charge in [0.2, 0.25) is 11.8 Å². The summed E-state index contributed by atoms with van der Waals surface area (Å²) >= 11 is 0. The molecule has 4 N–H and O–H groups in total. The van der Waals surface area contributed by atoms with Crippen molar-refractivity contribution in [2.24, 2.45) is 10.7 Å². The SMILES string of the molecule is C=Nc1cc(N(C)C(=O)C2(c3ccccc3)CC2)ccc1NCCC(N)=O.CNC(=O)c1ccc(C#N)cc1. The Morgan fingerprint density at radius 1 is 1.08 bits per heavy atom. The number of hydrogen-bond donors (Lipinski definition) is 3. The number of nitriles is 1. The Morgan fingerprint density at radius 3 is 2.28 bits per heavy atom. The highest BCUT2D eigenvalue weighted by atomic mass is 16.2. The number of amides is 3. The lowest BCUT2D eigenvalue weighted by Gasteiger charge is -2.24. The van der Waals surface area contributed by atoms with Crippen LogP contribution in [0.4, 0.5) is 17.1 Å². The Labute approximate surface area is 228 Å². The van der Waals surface area contributed by atoms with Gasteiger partial charge in [-0.3, -0.25) is 19.4 Å². The van der Waals surface area contributed by atoms with E-state index in [1.54, 1.807) is 43.3 Å². The van der Waals surface area contributed by atoms with Crippen LogP contribution in [-0.4, -0.2) is 45.1 Å². The molecule has 0 saturated heterocycles. The van der Waals surface area contributed by atoms with Crippen molar-refractivity contribution >= 4 is 41.5 Å². The quantitative estimate of drug-likeness (QED) is 0.364. The zero-order valence-electron chi connectivity index (χ0n) is 22.1. The summed E-state index contributed by atoms with van der Waals surface area (Å²) in [5.41, 5.74) is 9.06. The summed E-state index contributed by atoms with van der Waals surface area (Å²) in [6.07, 6.45) is 1.95. The van der Waals surface area contributed by atoms with Gasteiger partial charge >= 0.3 is 0 Å². The Bertz CT molecular complexity index is 1380. The monoisotopic (exact) mass is 524 g/mol. The molecule has 0 bridgehead atoms. The fourth-order valence-electron chi connectivity index (χ4n) is 4.12. The fourth-order valence-corrected chi connectivity index (χ4v) is 4.12. The molecule has 0 radical (unpaired) electrons. The molecule has 39 heavy (non-hydrogen) atoms. The van der Waals surface area contributed by atoms with E-state index in [1.165, 1.54) is 0 Å². The fraction of sp³-hybridized carbons (Fsp3) is 0.233. The van der Waals surface area contributed by atoms with E-state index in [1.807, 2.05) is 54.6 Å². The van der Waals surface area contributed by atoms with Gasteiger partial charge in [-0.25, -0.2) is 0 Å². The number of nitrogens with one attached hydrogen (secondary N) is 2. The van der Waals surface area contributed by atoms with Crippen molar-refractivity contribution in [2.45, 2.75) is 24.7 Å². The number of hydrogen-bond acceptors (Lipinski definition) is 6. The highest BCUT2D eigenvalue weighted by Crippen LogP contribution is 2.50. The van der Waals surface area contributed by atoms with Crippen LogP contribution in [0, 0.1) is 11.3 Å². The van der Waals surface area contributed by atoms with Crippen molar-refractivity contribution in [1.82, 2.24) is 5.32 Å². The van der Waals surface area contributed by atoms with E-state index < -0.39 is 5.41 Å². The molecule has 3 aromatic rings. The molecule has 0 unspecified atom stereocenters. The standard InChI is InChI=1S/C21H24N4O2.C9H8N2O/c1-23-18-14-16(8-9-17(18)24-13-10-19(22)26)25(2)20(27)21(11-12-21)15-6-4-3-5-7-15;1-11-9(12)8-4-2-7(6-10)3-5-8/h3-9,14,24H,1,10-13H2,2H3,(H2,22,26);2-5H,1H3,(H,11,12). The Morgan fingerprint density at radius 2 is 1.74 bits per heavy atom. The minimum atomic E-state index is -0.420. The number of nitrogens with two attached hydrogens (primary N) is 1. The number of nitrogens with zero attached hydrogens (tertiary/aromatic N) is 3. The summed E-state index contributed by atoms with van der Waals surface area (Å²) in [7, 11) is 3.36. The third-order valence-electron chi connectivity index (χ3n) is 6.52. The second kappa shape index (κ2) is 13.0. The lowest BCUT2D eigenvalue weighted by Crippen LogP contribution is -2.36. The third kappa shape index (κ3) is 7.08. The lowest BCUT2D eigenvalue weighted by molar-refractivity contribution is -0.120. The van der Waals surface area contributed by atoms with Crippen molar-refractivity contribution < 1.29 is 14.4 Å². The Hall–Kier alpha value is -4.97. The van der Waals surface area contributed by atoms with Crippen molar-refractivity contribution in [2.75, 3.05) is 30.9 Å². The maximum absolute atomic E-state index is 13.2. The van der Waals surface area contributed by atoms with E-state index in [9.17, 15) is 14.4 Å². The van der Waals surface area contributed by atoms with Gasteiger partial charge in [0.15, 0.2) is 0 Å². The molecule has 9 nitrogen and oxygen atoms in total. The predicted octanol–water partition coefficient (Wildman–Crippen LogP) is 3.92. The smallest absolute Gasteiger partial charge is 0.251 e. The second-order valence-electron chi connectivity index (χ2n) is 9.08. The van der Waals surface area contributed by atoms with Gasteiger partial charge in [0.05, 0.1) is 28.4 Å². The molecule has 0 aromatic heterocycles. The molecule has 200 valence electrons. The number of aliphatic imine (C=N–C) groups is 1. The molecule has 4 rings (SSSR count). The zero-order valence-corrected chi connectivity index (χ0v) is 22.1. The van der Waals surface area contributed by atoms with Gasteiger partial charge in [0, 0.05) is 38.3 Å². The van der Waals surface area contributed by atoms with Crippen molar-refractivity contribution in [3.05, 3.63) is 89.5 Å². The third-order valence-corrected chi connectivity index (χ3v) is 6.52. The minimum absolute atomic E-state index is 0.0816. The van der Waals surface area contributed by atoms with Crippen LogP contribution in [0.15, 0.2) is 77.8 Å². The normalized spacial score (nSPS) is 12.5. The zero-order chi connectivity index (χ0) is 28.4. The van der Waals surface area contributed by atoms with Crippen LogP contribution >= 0.6 is 0 Å². The molecule has 1 aliphatic carbocycles. The first-order valence-corrected chi connectivity index (χ1v) is 12.4. The average Bonchev–Trinajstić information content (AvgIpc) is 3.79. The van der Waals surface area contributed by atoms with E-state index in [-0.39, 0.29) is 24.1 Å². The van der Waals surface area contributed by atoms with E-state index in [4.69, 9.17) is 11.0 Å². The first kappa shape index (κ1) is 28.6. The molecule has 0 aliphatic heterocycles. The molecule has 9 heteroatoms. The summed E-state index contributed by atoms with van der Waals surface area (Å²) in [6, 6.07) is 23.9. The van der Waals surface area contributed by atoms with E-state index in [2.05, 4.69) is 22.3 Å². The second-order valence-corrected chi connectivity index (χ2v) is 9.08. The summed E-state index contributed by atoms with van der Waals surface area (Å²) in [5.74, 6) is -0.425. The van der Waals surface area contributed by atoms with Crippen LogP contribution < -0.4 is 21.3 Å². The average molecular weight is 525 g/mol. The van der Waals surface area contributed by atoms with Gasteiger partial charge < -0.3 is 21.3 Å². The van der Waals surface area contributed by atoms with Crippen molar-refractivity contribution in [3.63, 3.8) is 0 Å². The number of anilines is 2. The topological polar surface area (TPSA) is 141 Å². The molecule has 0 atom stereocenters. The van der Waals surface area contributed by atoms with E-state index in [0.717, 1.165) is 29.8 Å². The van der Waals surface area contributed by atoms with Crippen molar-refractivity contribution in [3.8, 4) is 6.07 Å². The van der Waals surface area contributed by atoms with Gasteiger partial charge in [-0.2, -0.15) is 5.26 Å². The summed E-state index contributed by atoms with van der Waals surface area (Å²) in [6.45, 7) is 4.02. The van der Waals surface area contributed by atoms with Crippen LogP contribution in [0.5, 0.6) is 0 Å². The largest absolute Gasteiger partial charge is 0.383 e. The van der Waals surface area contributed by atoms with Crippen LogP contribution in [-0.2, 0) is 15.0 Å². The van der Waals surface area contributed by atoms with Crippen LogP contribution in [0.1, 0.15) is 40.7 Å². The number of primary amides is 1. The van der Waals surface area contributed by atoms with E-state index >= 15 is 0 Å². The number of rotatable bonds is 9. The van der Waals surface area contributed by atoms with E-state index in [0.29, 0.717) is 23.4 Å². The minimum Gasteiger partial charge on any atom is -0.383 e. The highest BCUT2D eigenvalue weighted by Gasteiger charge is 2.52. The molecule has 3 amide bonds. The summed E-state index contributed by atoms with van der Waals surface area (Å²) < 4.78 is 0. The molecule has 1 aliphatic rings. The van der Waals surface area contributed by atoms with Crippen LogP contribution in [0.2, 0.25) is 0 Å². The lowest BCUT2D eigenvalue weighted by atomic mass is 9.94. The molecule has 1 fully saturated rings. The van der Waals surface area contributed by atoms with Gasteiger partial charge in [0.25, 0.3) is 5.91 Å². The molecule has 3 aromatic carbocycles. The number of carbonyl (C=O) groups is 3. The summed E-state index contributed by atoms with van der Waals surface area (Å²) in [4.78, 5) is 40.8. The Kier molecular flexibility index (Phi) is 9.54. The van der Waals surface area contributed by atoms with Gasteiger partial charge in [0.1, 0.15) is 0 Å². The number of likely N-dealkylation sites (N-methyl/N-ethyl adjacent to an activating group) is 1. The maximum atomic E-state index is 13.2. The van der Waals surface area contributed by atoms with Crippen LogP contribution in [0.25, 0.3) is 0 Å². The number of benzene rings is 3. The van der Waals surface area contributed by atoms with Gasteiger partial charge in [-0.05, 0) is 67.6 Å². The number of carbonyl (C=O) groups excluding carboxylic acids is 3. The molecule has 0 heterocycles. The highest BCUT2D eigenvalue weighted by molar-refractivity contribution is 6.03. The van der Waals surface area contributed by atoms with Crippen LogP contribution in [0.3, 0.4) is 0 Å². The Balaban J connectivity index is 0.000000293. The first-order chi connectivity index (χ1) is 18.7. The summed E-state index contributed by atoms with van der Waals surface area (Å²) in [5, 5.41) is 14.1. The molecular formula is C30H32N6O3. The molecular weight excluding hydrogens is 492 g/mol. The molecule has 0 spiro atoms. The van der Waals surface area contributed by atoms with Gasteiger partial charge in [-0.1, -0.05) is 30.3 Å². The molecule has 1 saturated carbocycles.